The number of amides is 2. The van der Waals surface area contributed by atoms with Gasteiger partial charge < -0.3 is 20.3 Å². The highest BCUT2D eigenvalue weighted by atomic mass is 16.5. The van der Waals surface area contributed by atoms with Gasteiger partial charge >= 0.3 is 0 Å². The standard InChI is InChI=1S/C22H31N3O3/c26-21(16-7-8-16)24-17-9-10-19(22(27)23-15-18-6-5-13-28-18)20(14-17)25-11-3-1-2-4-12-25/h9-10,14,16,18H,1-8,11-13,15H2,(H,23,27)(H,24,26). The molecule has 28 heavy (non-hydrogen) atoms. The fourth-order valence-electron chi connectivity index (χ4n) is 4.07. The molecule has 2 aliphatic heterocycles. The number of benzene rings is 1. The van der Waals surface area contributed by atoms with Gasteiger partial charge in [0.2, 0.25) is 5.91 Å². The van der Waals surface area contributed by atoms with E-state index in [0.717, 1.165) is 69.6 Å². The van der Waals surface area contributed by atoms with E-state index in [1.807, 2.05) is 18.2 Å². The van der Waals surface area contributed by atoms with E-state index in [9.17, 15) is 9.59 Å². The molecule has 1 aliphatic carbocycles. The third kappa shape index (κ3) is 4.85. The van der Waals surface area contributed by atoms with Crippen LogP contribution in [0.5, 0.6) is 0 Å². The van der Waals surface area contributed by atoms with Crippen LogP contribution in [-0.4, -0.2) is 44.2 Å². The molecule has 1 atom stereocenters. The summed E-state index contributed by atoms with van der Waals surface area (Å²) in [6.07, 6.45) is 8.89. The molecule has 2 amide bonds. The minimum Gasteiger partial charge on any atom is -0.376 e. The number of nitrogens with one attached hydrogen (secondary N) is 2. The highest BCUT2D eigenvalue weighted by Crippen LogP contribution is 2.32. The summed E-state index contributed by atoms with van der Waals surface area (Å²) in [5.74, 6) is 0.197. The lowest BCUT2D eigenvalue weighted by Gasteiger charge is -2.26. The summed E-state index contributed by atoms with van der Waals surface area (Å²) in [5.41, 5.74) is 2.40. The maximum atomic E-state index is 12.9. The Morgan fingerprint density at radius 1 is 1.04 bits per heavy atom. The summed E-state index contributed by atoms with van der Waals surface area (Å²) in [4.78, 5) is 27.4. The molecule has 3 aliphatic rings. The highest BCUT2D eigenvalue weighted by Gasteiger charge is 2.30. The van der Waals surface area contributed by atoms with Crippen molar-refractivity contribution in [2.24, 2.45) is 5.92 Å². The minimum absolute atomic E-state index is 0.0604. The first-order valence-corrected chi connectivity index (χ1v) is 10.8. The topological polar surface area (TPSA) is 70.7 Å². The number of carbonyl (C=O) groups excluding carboxylic acids is 2. The van der Waals surface area contributed by atoms with Crippen LogP contribution in [0.1, 0.15) is 61.7 Å². The molecule has 152 valence electrons. The maximum absolute atomic E-state index is 12.9. The van der Waals surface area contributed by atoms with Crippen molar-refractivity contribution in [2.45, 2.75) is 57.5 Å². The summed E-state index contributed by atoms with van der Waals surface area (Å²) in [7, 11) is 0. The average molecular weight is 386 g/mol. The second-order valence-corrected chi connectivity index (χ2v) is 8.24. The molecule has 1 aromatic rings. The molecule has 6 heteroatoms. The molecule has 0 radical (unpaired) electrons. The Morgan fingerprint density at radius 2 is 1.82 bits per heavy atom. The summed E-state index contributed by atoms with van der Waals surface area (Å²) >= 11 is 0. The van der Waals surface area contributed by atoms with Crippen molar-refractivity contribution in [3.8, 4) is 0 Å². The van der Waals surface area contributed by atoms with Gasteiger partial charge in [-0.2, -0.15) is 0 Å². The third-order valence-electron chi connectivity index (χ3n) is 5.92. The second-order valence-electron chi connectivity index (χ2n) is 8.24. The first-order chi connectivity index (χ1) is 13.7. The van der Waals surface area contributed by atoms with Gasteiger partial charge in [0, 0.05) is 37.8 Å². The first kappa shape index (κ1) is 19.2. The molecular weight excluding hydrogens is 354 g/mol. The number of anilines is 2. The maximum Gasteiger partial charge on any atom is 0.253 e. The highest BCUT2D eigenvalue weighted by molar-refractivity contribution is 6.02. The predicted molar refractivity (Wildman–Crippen MR) is 110 cm³/mol. The van der Waals surface area contributed by atoms with E-state index in [-0.39, 0.29) is 23.8 Å². The zero-order chi connectivity index (χ0) is 19.3. The molecule has 2 heterocycles. The Hall–Kier alpha value is -2.08. The van der Waals surface area contributed by atoms with Gasteiger partial charge in [-0.3, -0.25) is 9.59 Å². The van der Waals surface area contributed by atoms with Crippen LogP contribution in [-0.2, 0) is 9.53 Å². The Labute approximate surface area is 167 Å². The molecule has 6 nitrogen and oxygen atoms in total. The van der Waals surface area contributed by atoms with E-state index in [0.29, 0.717) is 12.1 Å². The Morgan fingerprint density at radius 3 is 2.50 bits per heavy atom. The fraction of sp³-hybridized carbons (Fsp3) is 0.636. The van der Waals surface area contributed by atoms with Crippen LogP contribution in [0.25, 0.3) is 0 Å². The average Bonchev–Trinajstić information content (AvgIpc) is 3.48. The first-order valence-electron chi connectivity index (χ1n) is 10.8. The summed E-state index contributed by atoms with van der Waals surface area (Å²) in [6.45, 7) is 3.24. The van der Waals surface area contributed by atoms with Crippen molar-refractivity contribution in [3.05, 3.63) is 23.8 Å². The molecule has 4 rings (SSSR count). The Kier molecular flexibility index (Phi) is 6.15. The molecule has 0 bridgehead atoms. The summed E-state index contributed by atoms with van der Waals surface area (Å²) in [6, 6.07) is 5.68. The summed E-state index contributed by atoms with van der Waals surface area (Å²) in [5, 5.41) is 6.07. The summed E-state index contributed by atoms with van der Waals surface area (Å²) < 4.78 is 5.62. The van der Waals surface area contributed by atoms with Crippen molar-refractivity contribution in [1.82, 2.24) is 5.32 Å². The van der Waals surface area contributed by atoms with Crippen molar-refractivity contribution >= 4 is 23.2 Å². The van der Waals surface area contributed by atoms with Crippen molar-refractivity contribution in [2.75, 3.05) is 36.5 Å². The van der Waals surface area contributed by atoms with Gasteiger partial charge in [-0.25, -0.2) is 0 Å². The lowest BCUT2D eigenvalue weighted by Crippen LogP contribution is -2.34. The van der Waals surface area contributed by atoms with Gasteiger partial charge in [0.05, 0.1) is 17.4 Å². The smallest absolute Gasteiger partial charge is 0.253 e. The second kappa shape index (κ2) is 8.95. The van der Waals surface area contributed by atoms with Crippen LogP contribution in [0.15, 0.2) is 18.2 Å². The lowest BCUT2D eigenvalue weighted by atomic mass is 10.1. The normalized spacial score (nSPS) is 22.6. The molecule has 1 aromatic carbocycles. The van der Waals surface area contributed by atoms with Crippen molar-refractivity contribution < 1.29 is 14.3 Å². The van der Waals surface area contributed by atoms with Crippen molar-refractivity contribution in [3.63, 3.8) is 0 Å². The predicted octanol–water partition coefficient (Wildman–Crippen LogP) is 3.32. The molecule has 0 aromatic heterocycles. The van der Waals surface area contributed by atoms with Crippen LogP contribution < -0.4 is 15.5 Å². The van der Waals surface area contributed by atoms with Crippen LogP contribution >= 0.6 is 0 Å². The number of ether oxygens (including phenoxy) is 1. The molecule has 1 unspecified atom stereocenters. The zero-order valence-electron chi connectivity index (χ0n) is 16.5. The largest absolute Gasteiger partial charge is 0.376 e. The number of hydrogen-bond donors (Lipinski definition) is 2. The molecule has 2 saturated heterocycles. The van der Waals surface area contributed by atoms with E-state index in [2.05, 4.69) is 15.5 Å². The van der Waals surface area contributed by atoms with Gasteiger partial charge in [0.15, 0.2) is 0 Å². The molecule has 2 N–H and O–H groups in total. The van der Waals surface area contributed by atoms with E-state index in [1.165, 1.54) is 12.8 Å². The van der Waals surface area contributed by atoms with Crippen LogP contribution in [0, 0.1) is 5.92 Å². The van der Waals surface area contributed by atoms with Crippen LogP contribution in [0.3, 0.4) is 0 Å². The van der Waals surface area contributed by atoms with E-state index in [1.54, 1.807) is 0 Å². The number of nitrogens with zero attached hydrogens (tertiary/aromatic N) is 1. The quantitative estimate of drug-likeness (QED) is 0.788. The fourth-order valence-corrected chi connectivity index (χ4v) is 4.07. The lowest BCUT2D eigenvalue weighted by molar-refractivity contribution is -0.117. The molecule has 1 saturated carbocycles. The van der Waals surface area contributed by atoms with E-state index < -0.39 is 0 Å². The van der Waals surface area contributed by atoms with Crippen LogP contribution in [0.4, 0.5) is 11.4 Å². The molecule has 3 fully saturated rings. The van der Waals surface area contributed by atoms with Gasteiger partial charge in [-0.1, -0.05) is 12.8 Å². The van der Waals surface area contributed by atoms with Gasteiger partial charge in [0.25, 0.3) is 5.91 Å². The van der Waals surface area contributed by atoms with Gasteiger partial charge in [0.1, 0.15) is 0 Å². The third-order valence-corrected chi connectivity index (χ3v) is 5.92. The Bertz CT molecular complexity index is 703. The van der Waals surface area contributed by atoms with Gasteiger partial charge in [-0.05, 0) is 56.7 Å². The number of hydrogen-bond acceptors (Lipinski definition) is 4. The molecule has 0 spiro atoms. The number of rotatable bonds is 6. The molecular formula is C22H31N3O3. The number of carbonyl (C=O) groups is 2. The van der Waals surface area contributed by atoms with E-state index >= 15 is 0 Å². The van der Waals surface area contributed by atoms with Crippen LogP contribution in [0.2, 0.25) is 0 Å². The van der Waals surface area contributed by atoms with Crippen molar-refractivity contribution in [1.29, 1.82) is 0 Å². The SMILES string of the molecule is O=C(NCC1CCCO1)c1ccc(NC(=O)C2CC2)cc1N1CCCCCC1. The van der Waals surface area contributed by atoms with Gasteiger partial charge in [-0.15, -0.1) is 0 Å². The van der Waals surface area contributed by atoms with E-state index in [4.69, 9.17) is 4.74 Å². The monoisotopic (exact) mass is 385 g/mol. The minimum atomic E-state index is -0.0604. The Balaban J connectivity index is 1.52. The zero-order valence-corrected chi connectivity index (χ0v) is 16.5.